The molecule has 0 unspecified atom stereocenters. The molecule has 0 aliphatic carbocycles. The van der Waals surface area contributed by atoms with Crippen molar-refractivity contribution < 1.29 is 13.6 Å². The van der Waals surface area contributed by atoms with Gasteiger partial charge in [-0.15, -0.1) is 0 Å². The Morgan fingerprint density at radius 2 is 2.18 bits per heavy atom. The van der Waals surface area contributed by atoms with Crippen molar-refractivity contribution in [2.45, 2.75) is 6.54 Å². The Balaban J connectivity index is 2.27. The number of nitrogens with zero attached hydrogens (tertiary/aromatic N) is 1. The SMILES string of the molecule is CN(Cc1ccco1)c1cccc(F)c1C=O. The summed E-state index contributed by atoms with van der Waals surface area (Å²) in [5.74, 6) is 0.248. The van der Waals surface area contributed by atoms with E-state index in [4.69, 9.17) is 4.42 Å². The number of carbonyl (C=O) groups is 1. The first-order chi connectivity index (χ1) is 8.22. The lowest BCUT2D eigenvalue weighted by Gasteiger charge is -2.19. The van der Waals surface area contributed by atoms with Gasteiger partial charge in [-0.2, -0.15) is 0 Å². The predicted octanol–water partition coefficient (Wildman–Crippen LogP) is 2.87. The van der Waals surface area contributed by atoms with E-state index in [0.717, 1.165) is 5.76 Å². The lowest BCUT2D eigenvalue weighted by atomic mass is 10.1. The molecule has 0 saturated carbocycles. The van der Waals surface area contributed by atoms with Crippen LogP contribution < -0.4 is 4.90 Å². The lowest BCUT2D eigenvalue weighted by Crippen LogP contribution is -2.18. The molecule has 0 saturated heterocycles. The van der Waals surface area contributed by atoms with Crippen LogP contribution in [0.25, 0.3) is 0 Å². The summed E-state index contributed by atoms with van der Waals surface area (Å²) in [5, 5.41) is 0. The normalized spacial score (nSPS) is 10.2. The highest BCUT2D eigenvalue weighted by atomic mass is 19.1. The summed E-state index contributed by atoms with van der Waals surface area (Å²) < 4.78 is 18.6. The first-order valence-corrected chi connectivity index (χ1v) is 5.19. The van der Waals surface area contributed by atoms with E-state index in [2.05, 4.69) is 0 Å². The van der Waals surface area contributed by atoms with Crippen LogP contribution in [0, 0.1) is 5.82 Å². The molecule has 0 fully saturated rings. The standard InChI is InChI=1S/C13H12FNO2/c1-15(8-10-4-3-7-17-10)13-6-2-5-12(14)11(13)9-16/h2-7,9H,8H2,1H3. The van der Waals surface area contributed by atoms with Crippen LogP contribution in [0.15, 0.2) is 41.0 Å². The molecular weight excluding hydrogens is 221 g/mol. The Morgan fingerprint density at radius 3 is 2.82 bits per heavy atom. The summed E-state index contributed by atoms with van der Waals surface area (Å²) in [5.41, 5.74) is 0.623. The van der Waals surface area contributed by atoms with Gasteiger partial charge in [-0.05, 0) is 24.3 Å². The molecule has 2 aromatic rings. The molecule has 88 valence electrons. The Labute approximate surface area is 98.5 Å². The number of hydrogen-bond donors (Lipinski definition) is 0. The van der Waals surface area contributed by atoms with E-state index in [1.807, 2.05) is 6.07 Å². The van der Waals surface area contributed by atoms with Gasteiger partial charge in [0.05, 0.1) is 24.1 Å². The zero-order valence-electron chi connectivity index (χ0n) is 9.39. The van der Waals surface area contributed by atoms with Gasteiger partial charge in [0.25, 0.3) is 0 Å². The number of furan rings is 1. The minimum absolute atomic E-state index is 0.0709. The van der Waals surface area contributed by atoms with Crippen molar-refractivity contribution in [3.63, 3.8) is 0 Å². The fourth-order valence-corrected chi connectivity index (χ4v) is 1.70. The second-order valence-electron chi connectivity index (χ2n) is 3.73. The van der Waals surface area contributed by atoms with E-state index in [-0.39, 0.29) is 5.56 Å². The Kier molecular flexibility index (Phi) is 3.23. The van der Waals surface area contributed by atoms with E-state index >= 15 is 0 Å². The number of benzene rings is 1. The molecule has 0 radical (unpaired) electrons. The number of halogens is 1. The average Bonchev–Trinajstić information content (AvgIpc) is 2.81. The van der Waals surface area contributed by atoms with Crippen LogP contribution in [-0.4, -0.2) is 13.3 Å². The van der Waals surface area contributed by atoms with Gasteiger partial charge in [0.2, 0.25) is 0 Å². The largest absolute Gasteiger partial charge is 0.467 e. The number of anilines is 1. The van der Waals surface area contributed by atoms with Gasteiger partial charge in [-0.3, -0.25) is 4.79 Å². The number of rotatable bonds is 4. The van der Waals surface area contributed by atoms with Gasteiger partial charge in [0, 0.05) is 7.05 Å². The molecule has 0 N–H and O–H groups in total. The van der Waals surface area contributed by atoms with Gasteiger partial charge >= 0.3 is 0 Å². The fraction of sp³-hybridized carbons (Fsp3) is 0.154. The number of aldehydes is 1. The maximum Gasteiger partial charge on any atom is 0.155 e. The molecule has 4 heteroatoms. The van der Waals surface area contributed by atoms with Crippen molar-refractivity contribution in [1.29, 1.82) is 0 Å². The third-order valence-corrected chi connectivity index (χ3v) is 2.53. The molecule has 0 atom stereocenters. The van der Waals surface area contributed by atoms with Crippen LogP contribution in [0.1, 0.15) is 16.1 Å². The summed E-state index contributed by atoms with van der Waals surface area (Å²) in [6.45, 7) is 0.483. The van der Waals surface area contributed by atoms with Crippen molar-refractivity contribution >= 4 is 12.0 Å². The van der Waals surface area contributed by atoms with Crippen LogP contribution in [0.5, 0.6) is 0 Å². The van der Waals surface area contributed by atoms with Crippen LogP contribution in [0.4, 0.5) is 10.1 Å². The van der Waals surface area contributed by atoms with Crippen molar-refractivity contribution in [2.24, 2.45) is 0 Å². The summed E-state index contributed by atoms with van der Waals surface area (Å²) in [6, 6.07) is 8.17. The summed E-state index contributed by atoms with van der Waals surface area (Å²) in [4.78, 5) is 12.6. The molecule has 0 aliphatic heterocycles. The first-order valence-electron chi connectivity index (χ1n) is 5.19. The quantitative estimate of drug-likeness (QED) is 0.761. The Morgan fingerprint density at radius 1 is 1.35 bits per heavy atom. The lowest BCUT2D eigenvalue weighted by molar-refractivity contribution is 0.112. The van der Waals surface area contributed by atoms with E-state index < -0.39 is 5.82 Å². The molecule has 1 aromatic heterocycles. The van der Waals surface area contributed by atoms with E-state index in [1.54, 1.807) is 36.4 Å². The van der Waals surface area contributed by atoms with E-state index in [9.17, 15) is 9.18 Å². The molecule has 2 rings (SSSR count). The summed E-state index contributed by atoms with van der Waals surface area (Å²) >= 11 is 0. The molecule has 0 aliphatic rings. The maximum atomic E-state index is 13.4. The van der Waals surface area contributed by atoms with Crippen molar-refractivity contribution in [3.8, 4) is 0 Å². The second-order valence-corrected chi connectivity index (χ2v) is 3.73. The van der Waals surface area contributed by atoms with Crippen molar-refractivity contribution in [2.75, 3.05) is 11.9 Å². The van der Waals surface area contributed by atoms with Crippen LogP contribution in [0.2, 0.25) is 0 Å². The van der Waals surface area contributed by atoms with Gasteiger partial charge in [0.1, 0.15) is 11.6 Å². The zero-order valence-corrected chi connectivity index (χ0v) is 9.39. The highest BCUT2D eigenvalue weighted by Crippen LogP contribution is 2.22. The first kappa shape index (κ1) is 11.4. The predicted molar refractivity (Wildman–Crippen MR) is 62.6 cm³/mol. The second kappa shape index (κ2) is 4.82. The third-order valence-electron chi connectivity index (χ3n) is 2.53. The highest BCUT2D eigenvalue weighted by Gasteiger charge is 2.12. The number of carbonyl (C=O) groups excluding carboxylic acids is 1. The third kappa shape index (κ3) is 2.36. The Hall–Kier alpha value is -2.10. The van der Waals surface area contributed by atoms with E-state index in [0.29, 0.717) is 18.5 Å². The van der Waals surface area contributed by atoms with Gasteiger partial charge in [-0.25, -0.2) is 4.39 Å². The van der Waals surface area contributed by atoms with Gasteiger partial charge < -0.3 is 9.32 Å². The molecule has 3 nitrogen and oxygen atoms in total. The maximum absolute atomic E-state index is 13.4. The van der Waals surface area contributed by atoms with Gasteiger partial charge in [0.15, 0.2) is 6.29 Å². The summed E-state index contributed by atoms with van der Waals surface area (Å²) in [6.07, 6.45) is 2.11. The molecule has 0 amide bonds. The molecule has 0 bridgehead atoms. The highest BCUT2D eigenvalue weighted by molar-refractivity contribution is 5.84. The van der Waals surface area contributed by atoms with Gasteiger partial charge in [-0.1, -0.05) is 6.07 Å². The Bertz CT molecular complexity index is 508. The minimum atomic E-state index is -0.510. The topological polar surface area (TPSA) is 33.5 Å². The molecule has 1 aromatic carbocycles. The molecule has 0 spiro atoms. The van der Waals surface area contributed by atoms with Crippen LogP contribution in [0.3, 0.4) is 0 Å². The average molecular weight is 233 g/mol. The monoisotopic (exact) mass is 233 g/mol. The van der Waals surface area contributed by atoms with Crippen molar-refractivity contribution in [3.05, 3.63) is 53.7 Å². The van der Waals surface area contributed by atoms with Crippen LogP contribution >= 0.6 is 0 Å². The van der Waals surface area contributed by atoms with Crippen LogP contribution in [-0.2, 0) is 6.54 Å². The summed E-state index contributed by atoms with van der Waals surface area (Å²) in [7, 11) is 1.78. The fourth-order valence-electron chi connectivity index (χ4n) is 1.70. The minimum Gasteiger partial charge on any atom is -0.467 e. The van der Waals surface area contributed by atoms with Crippen molar-refractivity contribution in [1.82, 2.24) is 0 Å². The molecular formula is C13H12FNO2. The van der Waals surface area contributed by atoms with E-state index in [1.165, 1.54) is 6.07 Å². The smallest absolute Gasteiger partial charge is 0.155 e. The molecule has 17 heavy (non-hydrogen) atoms. The zero-order chi connectivity index (χ0) is 12.3. The molecule has 1 heterocycles. The number of hydrogen-bond acceptors (Lipinski definition) is 3.